The highest BCUT2D eigenvalue weighted by molar-refractivity contribution is 6.33. The number of para-hydroxylation sites is 1. The zero-order valence-corrected chi connectivity index (χ0v) is 19.6. The predicted octanol–water partition coefficient (Wildman–Crippen LogP) is 4.81. The van der Waals surface area contributed by atoms with Gasteiger partial charge in [0.25, 0.3) is 5.91 Å². The summed E-state index contributed by atoms with van der Waals surface area (Å²) >= 11 is 6.31. The molecular weight excluding hydrogens is 456 g/mol. The van der Waals surface area contributed by atoms with Crippen LogP contribution in [-0.4, -0.2) is 41.0 Å². The van der Waals surface area contributed by atoms with Crippen LogP contribution in [0.15, 0.2) is 48.7 Å². The van der Waals surface area contributed by atoms with Crippen LogP contribution in [-0.2, 0) is 11.2 Å². The summed E-state index contributed by atoms with van der Waals surface area (Å²) < 4.78 is 4.94. The molecule has 4 aromatic rings. The Labute approximate surface area is 200 Å². The van der Waals surface area contributed by atoms with Gasteiger partial charge in [-0.2, -0.15) is 4.98 Å². The number of carbonyl (C=O) groups is 2. The van der Waals surface area contributed by atoms with Gasteiger partial charge in [-0.15, -0.1) is 0 Å². The van der Waals surface area contributed by atoms with Gasteiger partial charge in [-0.05, 0) is 36.8 Å². The fourth-order valence-electron chi connectivity index (χ4n) is 3.63. The predicted molar refractivity (Wildman–Crippen MR) is 132 cm³/mol. The molecule has 0 unspecified atom stereocenters. The molecule has 2 aromatic carbocycles. The number of aromatic amines is 1. The molecule has 0 saturated heterocycles. The summed E-state index contributed by atoms with van der Waals surface area (Å²) in [5, 5.41) is 9.95. The van der Waals surface area contributed by atoms with E-state index in [2.05, 4.69) is 30.9 Å². The Balaban J connectivity index is 1.63. The topological polar surface area (TPSA) is 121 Å². The van der Waals surface area contributed by atoms with E-state index in [1.165, 1.54) is 13.3 Å². The molecule has 10 heteroatoms. The molecule has 34 heavy (non-hydrogen) atoms. The van der Waals surface area contributed by atoms with Crippen LogP contribution in [0.3, 0.4) is 0 Å². The Hall–Kier alpha value is -4.11. The standard InChI is InChI=1S/C24H23ClN6O3/c1-4-17-20(23(33)34-3)14-10-9-13(11-19(14)29-17)28-24-27-12-16(25)21(31-24)30-18-8-6-5-7-15(18)22(32)26-2/h5-12,29H,4H2,1-3H3,(H,26,32)(H2,27,28,30,31). The van der Waals surface area contributed by atoms with Crippen molar-refractivity contribution in [2.45, 2.75) is 13.3 Å². The van der Waals surface area contributed by atoms with Crippen molar-refractivity contribution >= 4 is 57.5 Å². The smallest absolute Gasteiger partial charge is 0.340 e. The van der Waals surface area contributed by atoms with Gasteiger partial charge in [0, 0.05) is 29.3 Å². The number of carbonyl (C=O) groups excluding carboxylic acids is 2. The number of aryl methyl sites for hydroxylation is 1. The number of fused-ring (bicyclic) bond motifs is 1. The van der Waals surface area contributed by atoms with Crippen LogP contribution in [0.2, 0.25) is 5.02 Å². The minimum Gasteiger partial charge on any atom is -0.465 e. The van der Waals surface area contributed by atoms with Crippen molar-refractivity contribution in [3.8, 4) is 0 Å². The van der Waals surface area contributed by atoms with E-state index in [1.807, 2.05) is 31.2 Å². The number of benzene rings is 2. The van der Waals surface area contributed by atoms with Gasteiger partial charge in [-0.3, -0.25) is 4.79 Å². The highest BCUT2D eigenvalue weighted by Gasteiger charge is 2.18. The average molecular weight is 479 g/mol. The van der Waals surface area contributed by atoms with E-state index in [0.29, 0.717) is 45.7 Å². The van der Waals surface area contributed by atoms with E-state index >= 15 is 0 Å². The van der Waals surface area contributed by atoms with Gasteiger partial charge in [0.15, 0.2) is 5.82 Å². The third-order valence-corrected chi connectivity index (χ3v) is 5.55. The fourth-order valence-corrected chi connectivity index (χ4v) is 3.77. The van der Waals surface area contributed by atoms with Crippen LogP contribution in [0.5, 0.6) is 0 Å². The average Bonchev–Trinajstić information content (AvgIpc) is 3.23. The lowest BCUT2D eigenvalue weighted by Gasteiger charge is -2.13. The lowest BCUT2D eigenvalue weighted by Crippen LogP contribution is -2.19. The fraction of sp³-hybridized carbons (Fsp3) is 0.167. The lowest BCUT2D eigenvalue weighted by atomic mass is 10.1. The number of aromatic nitrogens is 3. The van der Waals surface area contributed by atoms with Crippen molar-refractivity contribution < 1.29 is 14.3 Å². The van der Waals surface area contributed by atoms with Crippen LogP contribution in [0.1, 0.15) is 33.3 Å². The van der Waals surface area contributed by atoms with Crippen LogP contribution in [0.4, 0.5) is 23.1 Å². The molecule has 1 amide bonds. The maximum atomic E-state index is 12.2. The van der Waals surface area contributed by atoms with Gasteiger partial charge in [-0.25, -0.2) is 9.78 Å². The SMILES string of the molecule is CCc1[nH]c2cc(Nc3ncc(Cl)c(Nc4ccccc4C(=O)NC)n3)ccc2c1C(=O)OC. The number of nitrogens with one attached hydrogen (secondary N) is 4. The molecule has 2 heterocycles. The first kappa shape index (κ1) is 23.1. The summed E-state index contributed by atoms with van der Waals surface area (Å²) in [7, 11) is 2.94. The number of methoxy groups -OCH3 is 1. The van der Waals surface area contributed by atoms with Crippen molar-refractivity contribution in [1.82, 2.24) is 20.3 Å². The highest BCUT2D eigenvalue weighted by Crippen LogP contribution is 2.29. The van der Waals surface area contributed by atoms with Gasteiger partial charge in [0.1, 0.15) is 5.02 Å². The summed E-state index contributed by atoms with van der Waals surface area (Å²) in [6, 6.07) is 12.6. The Bertz CT molecular complexity index is 1380. The lowest BCUT2D eigenvalue weighted by molar-refractivity contribution is 0.0601. The summed E-state index contributed by atoms with van der Waals surface area (Å²) in [5.41, 5.74) is 3.86. The molecule has 0 saturated carbocycles. The Morgan fingerprint density at radius 1 is 1.15 bits per heavy atom. The number of amides is 1. The van der Waals surface area contributed by atoms with Gasteiger partial charge in [0.05, 0.1) is 30.1 Å². The minimum atomic E-state index is -0.377. The van der Waals surface area contributed by atoms with Crippen LogP contribution < -0.4 is 16.0 Å². The van der Waals surface area contributed by atoms with Crippen molar-refractivity contribution in [3.63, 3.8) is 0 Å². The Morgan fingerprint density at radius 2 is 1.94 bits per heavy atom. The number of rotatable bonds is 7. The zero-order chi connectivity index (χ0) is 24.2. The van der Waals surface area contributed by atoms with Crippen molar-refractivity contribution in [2.75, 3.05) is 24.8 Å². The van der Waals surface area contributed by atoms with Gasteiger partial charge in [-0.1, -0.05) is 30.7 Å². The maximum Gasteiger partial charge on any atom is 0.340 e. The number of hydrogen-bond acceptors (Lipinski definition) is 7. The second-order valence-corrected chi connectivity index (χ2v) is 7.76. The van der Waals surface area contributed by atoms with Gasteiger partial charge < -0.3 is 25.7 Å². The molecule has 0 fully saturated rings. The first-order valence-electron chi connectivity index (χ1n) is 10.6. The molecule has 0 radical (unpaired) electrons. The molecule has 0 spiro atoms. The summed E-state index contributed by atoms with van der Waals surface area (Å²) in [6.07, 6.45) is 2.13. The minimum absolute atomic E-state index is 0.233. The van der Waals surface area contributed by atoms with E-state index in [-0.39, 0.29) is 11.9 Å². The molecule has 0 bridgehead atoms. The van der Waals surface area contributed by atoms with E-state index in [0.717, 1.165) is 16.6 Å². The summed E-state index contributed by atoms with van der Waals surface area (Å²) in [5.74, 6) is 0.0399. The largest absolute Gasteiger partial charge is 0.465 e. The third kappa shape index (κ3) is 4.51. The van der Waals surface area contributed by atoms with E-state index in [4.69, 9.17) is 16.3 Å². The molecule has 9 nitrogen and oxygen atoms in total. The first-order chi connectivity index (χ1) is 16.4. The molecule has 4 rings (SSSR count). The van der Waals surface area contributed by atoms with Crippen molar-refractivity contribution in [3.05, 3.63) is 70.5 Å². The van der Waals surface area contributed by atoms with Crippen LogP contribution in [0, 0.1) is 0 Å². The molecule has 174 valence electrons. The number of halogens is 1. The monoisotopic (exact) mass is 478 g/mol. The van der Waals surface area contributed by atoms with Gasteiger partial charge in [0.2, 0.25) is 5.95 Å². The quantitative estimate of drug-likeness (QED) is 0.281. The molecule has 2 aromatic heterocycles. The van der Waals surface area contributed by atoms with Gasteiger partial charge >= 0.3 is 5.97 Å². The highest BCUT2D eigenvalue weighted by atomic mass is 35.5. The van der Waals surface area contributed by atoms with E-state index < -0.39 is 0 Å². The van der Waals surface area contributed by atoms with E-state index in [9.17, 15) is 9.59 Å². The maximum absolute atomic E-state index is 12.2. The number of ether oxygens (including phenoxy) is 1. The van der Waals surface area contributed by atoms with Crippen LogP contribution in [0.25, 0.3) is 10.9 Å². The summed E-state index contributed by atoms with van der Waals surface area (Å²) in [6.45, 7) is 1.97. The summed E-state index contributed by atoms with van der Waals surface area (Å²) in [4.78, 5) is 36.4. The second kappa shape index (κ2) is 9.80. The molecule has 0 aliphatic heterocycles. The van der Waals surface area contributed by atoms with Crippen LogP contribution >= 0.6 is 11.6 Å². The van der Waals surface area contributed by atoms with E-state index in [1.54, 1.807) is 25.2 Å². The van der Waals surface area contributed by atoms with Crippen molar-refractivity contribution in [1.29, 1.82) is 0 Å². The third-order valence-electron chi connectivity index (χ3n) is 5.27. The second-order valence-electron chi connectivity index (χ2n) is 7.35. The molecule has 0 aliphatic rings. The number of esters is 1. The Morgan fingerprint density at radius 3 is 2.68 bits per heavy atom. The number of nitrogens with zero attached hydrogens (tertiary/aromatic N) is 2. The molecule has 4 N–H and O–H groups in total. The number of anilines is 4. The molecular formula is C24H23ClN6O3. The zero-order valence-electron chi connectivity index (χ0n) is 18.8. The number of H-pyrrole nitrogens is 1. The van der Waals surface area contributed by atoms with Crippen molar-refractivity contribution in [2.24, 2.45) is 0 Å². The normalized spacial score (nSPS) is 10.7. The first-order valence-corrected chi connectivity index (χ1v) is 10.9. The molecule has 0 aliphatic carbocycles. The Kier molecular flexibility index (Phi) is 6.65. The molecule has 0 atom stereocenters. The number of hydrogen-bond donors (Lipinski definition) is 4.